The van der Waals surface area contributed by atoms with Crippen LogP contribution in [0.4, 0.5) is 0 Å². The Balaban J connectivity index is 1.83. The first kappa shape index (κ1) is 29.6. The first-order valence-electron chi connectivity index (χ1n) is 11.9. The largest absolute Gasteiger partial charge is 0.488 e. The van der Waals surface area contributed by atoms with Crippen LogP contribution in [0.1, 0.15) is 29.9 Å². The summed E-state index contributed by atoms with van der Waals surface area (Å²) in [6, 6.07) is 12.6. The number of methoxy groups -OCH3 is 1. The molecule has 0 bridgehead atoms. The fourth-order valence-electron chi connectivity index (χ4n) is 3.67. The Bertz CT molecular complexity index is 1400. The molecule has 0 amide bonds. The van der Waals surface area contributed by atoms with E-state index in [0.717, 1.165) is 6.26 Å². The van der Waals surface area contributed by atoms with Crippen molar-refractivity contribution in [3.8, 4) is 17.2 Å². The van der Waals surface area contributed by atoms with Gasteiger partial charge in [-0.2, -0.15) is 5.10 Å². The van der Waals surface area contributed by atoms with E-state index in [4.69, 9.17) is 18.7 Å². The SMILES string of the molecule is CCOP(C)(=O)Cn1ccc(CC(=O)c2cc(Oc3ccc(S(C)(=O)=O)cc3)cc(O[C@@H](C)COC)c2)n1. The summed E-state index contributed by atoms with van der Waals surface area (Å²) in [5.41, 5.74) is 0.865. The Kier molecular flexibility index (Phi) is 9.89. The van der Waals surface area contributed by atoms with Crippen LogP contribution in [0.5, 0.6) is 17.2 Å². The molecule has 1 heterocycles. The van der Waals surface area contributed by atoms with Gasteiger partial charge in [-0.3, -0.25) is 14.0 Å². The summed E-state index contributed by atoms with van der Waals surface area (Å²) in [6.45, 7) is 5.86. The van der Waals surface area contributed by atoms with E-state index >= 15 is 0 Å². The second kappa shape index (κ2) is 12.7. The summed E-state index contributed by atoms with van der Waals surface area (Å²) >= 11 is 0. The van der Waals surface area contributed by atoms with Crippen molar-refractivity contribution < 1.29 is 36.5 Å². The molecule has 38 heavy (non-hydrogen) atoms. The number of sulfone groups is 1. The maximum Gasteiger partial charge on any atom is 0.220 e. The van der Waals surface area contributed by atoms with Crippen molar-refractivity contribution in [1.82, 2.24) is 9.78 Å². The predicted molar refractivity (Wildman–Crippen MR) is 143 cm³/mol. The summed E-state index contributed by atoms with van der Waals surface area (Å²) in [4.78, 5) is 13.4. The second-order valence-electron chi connectivity index (χ2n) is 8.94. The fraction of sp³-hybridized carbons (Fsp3) is 0.385. The van der Waals surface area contributed by atoms with Crippen LogP contribution in [0.15, 0.2) is 59.6 Å². The molecular weight excluding hydrogens is 531 g/mol. The number of carbonyl (C=O) groups excluding carboxylic acids is 1. The van der Waals surface area contributed by atoms with Crippen molar-refractivity contribution in [2.75, 3.05) is 33.2 Å². The minimum Gasteiger partial charge on any atom is -0.488 e. The molecule has 0 aliphatic heterocycles. The number of Topliss-reactive ketones (excluding diaryl/α,β-unsaturated/α-hetero) is 1. The van der Waals surface area contributed by atoms with E-state index in [1.165, 1.54) is 16.8 Å². The van der Waals surface area contributed by atoms with E-state index in [1.54, 1.807) is 63.3 Å². The molecule has 3 rings (SSSR count). The lowest BCUT2D eigenvalue weighted by molar-refractivity contribution is 0.0914. The zero-order chi connectivity index (χ0) is 27.9. The highest BCUT2D eigenvalue weighted by molar-refractivity contribution is 7.90. The highest BCUT2D eigenvalue weighted by atomic mass is 32.2. The van der Waals surface area contributed by atoms with Gasteiger partial charge in [-0.05, 0) is 56.3 Å². The van der Waals surface area contributed by atoms with Crippen LogP contribution in [0.25, 0.3) is 0 Å². The van der Waals surface area contributed by atoms with Crippen molar-refractivity contribution in [3.63, 3.8) is 0 Å². The van der Waals surface area contributed by atoms with Crippen molar-refractivity contribution in [2.24, 2.45) is 0 Å². The van der Waals surface area contributed by atoms with Gasteiger partial charge < -0.3 is 18.7 Å². The summed E-state index contributed by atoms with van der Waals surface area (Å²) in [5, 5.41) is 4.37. The lowest BCUT2D eigenvalue weighted by Gasteiger charge is -2.16. The lowest BCUT2D eigenvalue weighted by atomic mass is 10.1. The summed E-state index contributed by atoms with van der Waals surface area (Å²) in [6.07, 6.45) is 2.64. The standard InChI is InChI=1S/C26H33N2O8PS/c1-6-34-37(4,30)18-28-12-11-21(27-28)15-26(29)20-13-23(35-19(2)17-33-3)16-24(14-20)36-22-7-9-25(10-8-22)38(5,31)32/h7-14,16,19H,6,15,17-18H2,1-5H3/t19-,37?/m0/s1. The molecule has 0 spiro atoms. The van der Waals surface area contributed by atoms with Crippen LogP contribution in [-0.4, -0.2) is 63.3 Å². The third kappa shape index (κ3) is 8.80. The molecule has 0 N–H and O–H groups in total. The van der Waals surface area contributed by atoms with Crippen LogP contribution < -0.4 is 9.47 Å². The molecule has 1 aromatic heterocycles. The van der Waals surface area contributed by atoms with Gasteiger partial charge in [0, 0.05) is 37.9 Å². The Morgan fingerprint density at radius 2 is 1.76 bits per heavy atom. The van der Waals surface area contributed by atoms with E-state index in [9.17, 15) is 17.8 Å². The minimum absolute atomic E-state index is 0.00915. The van der Waals surface area contributed by atoms with Crippen molar-refractivity contribution in [3.05, 3.63) is 66.0 Å². The van der Waals surface area contributed by atoms with Gasteiger partial charge in [-0.15, -0.1) is 0 Å². The molecule has 0 aliphatic rings. The van der Waals surface area contributed by atoms with Crippen molar-refractivity contribution in [2.45, 2.75) is 37.6 Å². The molecule has 1 unspecified atom stereocenters. The molecule has 2 atom stereocenters. The first-order valence-corrected chi connectivity index (χ1v) is 16.1. The first-order chi connectivity index (χ1) is 17.9. The zero-order valence-electron chi connectivity index (χ0n) is 22.1. The van der Waals surface area contributed by atoms with E-state index < -0.39 is 17.2 Å². The number of ketones is 1. The number of aromatic nitrogens is 2. The van der Waals surface area contributed by atoms with E-state index in [2.05, 4.69) is 5.10 Å². The maximum absolute atomic E-state index is 13.2. The molecule has 206 valence electrons. The van der Waals surface area contributed by atoms with Gasteiger partial charge in [0.2, 0.25) is 7.37 Å². The van der Waals surface area contributed by atoms with Crippen LogP contribution >= 0.6 is 7.37 Å². The second-order valence-corrected chi connectivity index (χ2v) is 13.5. The molecule has 10 nitrogen and oxygen atoms in total. The molecule has 12 heteroatoms. The van der Waals surface area contributed by atoms with Gasteiger partial charge in [0.1, 0.15) is 29.6 Å². The average Bonchev–Trinajstić information content (AvgIpc) is 3.24. The van der Waals surface area contributed by atoms with Crippen LogP contribution in [0, 0.1) is 0 Å². The smallest absolute Gasteiger partial charge is 0.220 e. The highest BCUT2D eigenvalue weighted by Crippen LogP contribution is 2.43. The topological polar surface area (TPSA) is 123 Å². The summed E-state index contributed by atoms with van der Waals surface area (Å²) in [7, 11) is -4.60. The van der Waals surface area contributed by atoms with Gasteiger partial charge >= 0.3 is 0 Å². The molecule has 0 aliphatic carbocycles. The number of nitrogens with zero attached hydrogens (tertiary/aromatic N) is 2. The Morgan fingerprint density at radius 3 is 2.39 bits per heavy atom. The number of rotatable bonds is 14. The van der Waals surface area contributed by atoms with Crippen molar-refractivity contribution >= 4 is 23.0 Å². The molecule has 0 fully saturated rings. The Labute approximate surface area is 223 Å². The molecular formula is C26H33N2O8PS. The van der Waals surface area contributed by atoms with E-state index in [0.29, 0.717) is 41.7 Å². The molecule has 0 saturated carbocycles. The van der Waals surface area contributed by atoms with Gasteiger partial charge in [-0.1, -0.05) is 0 Å². The number of carbonyl (C=O) groups is 1. The number of hydrogen-bond acceptors (Lipinski definition) is 9. The third-order valence-corrected chi connectivity index (χ3v) is 8.01. The molecule has 0 radical (unpaired) electrons. The fourth-order valence-corrected chi connectivity index (χ4v) is 5.61. The van der Waals surface area contributed by atoms with Gasteiger partial charge in [-0.25, -0.2) is 8.42 Å². The number of ether oxygens (including phenoxy) is 3. The van der Waals surface area contributed by atoms with Crippen molar-refractivity contribution in [1.29, 1.82) is 0 Å². The number of hydrogen-bond donors (Lipinski definition) is 0. The Hall–Kier alpha value is -2.98. The monoisotopic (exact) mass is 564 g/mol. The van der Waals surface area contributed by atoms with Crippen LogP contribution in [0.3, 0.4) is 0 Å². The molecule has 0 saturated heterocycles. The van der Waals surface area contributed by atoms with E-state index in [-0.39, 0.29) is 29.5 Å². The predicted octanol–water partition coefficient (Wildman–Crippen LogP) is 4.82. The third-order valence-electron chi connectivity index (χ3n) is 5.27. The average molecular weight is 565 g/mol. The lowest BCUT2D eigenvalue weighted by Crippen LogP contribution is -2.18. The quantitative estimate of drug-likeness (QED) is 0.200. The molecule has 3 aromatic rings. The number of benzene rings is 2. The maximum atomic E-state index is 13.2. The van der Waals surface area contributed by atoms with Gasteiger partial charge in [0.05, 0.1) is 30.2 Å². The minimum atomic E-state index is -3.34. The zero-order valence-corrected chi connectivity index (χ0v) is 23.8. The van der Waals surface area contributed by atoms with E-state index in [1.807, 2.05) is 6.92 Å². The van der Waals surface area contributed by atoms with Crippen LogP contribution in [0.2, 0.25) is 0 Å². The summed E-state index contributed by atoms with van der Waals surface area (Å²) < 4.78 is 59.7. The highest BCUT2D eigenvalue weighted by Gasteiger charge is 2.19. The Morgan fingerprint density at radius 1 is 1.08 bits per heavy atom. The van der Waals surface area contributed by atoms with Crippen LogP contribution in [-0.2, 0) is 36.4 Å². The van der Waals surface area contributed by atoms with Gasteiger partial charge in [0.25, 0.3) is 0 Å². The summed E-state index contributed by atoms with van der Waals surface area (Å²) in [5.74, 6) is 0.936. The molecule has 2 aromatic carbocycles. The van der Waals surface area contributed by atoms with Gasteiger partial charge in [0.15, 0.2) is 15.6 Å². The normalized spacial score (nSPS) is 14.0.